The Morgan fingerprint density at radius 3 is 2.29 bits per heavy atom. The maximum absolute atomic E-state index is 10.5. The monoisotopic (exact) mass is 269 g/mol. The van der Waals surface area contributed by atoms with Crippen molar-refractivity contribution in [2.24, 2.45) is 0 Å². The lowest BCUT2D eigenvalue weighted by atomic mass is 10.5. The van der Waals surface area contributed by atoms with Crippen LogP contribution in [0, 0.1) is 0 Å². The molecule has 0 saturated heterocycles. The highest BCUT2D eigenvalue weighted by Crippen LogP contribution is 1.89. The summed E-state index contributed by atoms with van der Waals surface area (Å²) in [5.41, 5.74) is 0. The first-order chi connectivity index (χ1) is 7.92. The van der Waals surface area contributed by atoms with Crippen molar-refractivity contribution >= 4 is 16.0 Å². The molecule has 0 aromatic carbocycles. The Morgan fingerprint density at radius 1 is 1.18 bits per heavy atom. The van der Waals surface area contributed by atoms with Crippen molar-refractivity contribution in [3.8, 4) is 0 Å². The Labute approximate surface area is 101 Å². The minimum atomic E-state index is -3.89. The molecule has 0 heterocycles. The second-order valence-corrected chi connectivity index (χ2v) is 4.92. The summed E-state index contributed by atoms with van der Waals surface area (Å²) in [5, 5.41) is 2.57. The minimum absolute atomic E-state index is 0.102. The Hall–Kier alpha value is -0.700. The Morgan fingerprint density at radius 2 is 1.76 bits per heavy atom. The molecule has 0 aliphatic rings. The summed E-state index contributed by atoms with van der Waals surface area (Å²) < 4.78 is 39.3. The summed E-state index contributed by atoms with van der Waals surface area (Å²) in [7, 11) is -3.89. The molecule has 0 aliphatic heterocycles. The predicted octanol–water partition coefficient (Wildman–Crippen LogP) is -0.566. The van der Waals surface area contributed by atoms with Crippen molar-refractivity contribution in [3.63, 3.8) is 0 Å². The van der Waals surface area contributed by atoms with Crippen LogP contribution in [-0.2, 0) is 24.4 Å². The van der Waals surface area contributed by atoms with E-state index in [1.54, 1.807) is 0 Å². The van der Waals surface area contributed by atoms with E-state index >= 15 is 0 Å². The van der Waals surface area contributed by atoms with Crippen molar-refractivity contribution in [2.45, 2.75) is 13.3 Å². The molecule has 0 saturated carbocycles. The van der Waals surface area contributed by atoms with Gasteiger partial charge in [0.15, 0.2) is 0 Å². The van der Waals surface area contributed by atoms with Gasteiger partial charge in [0, 0.05) is 20.1 Å². The van der Waals surface area contributed by atoms with Crippen LogP contribution in [0.5, 0.6) is 0 Å². The Kier molecular flexibility index (Phi) is 8.96. The molecule has 0 spiro atoms. The smallest absolute Gasteiger partial charge is 0.264 e. The van der Waals surface area contributed by atoms with Gasteiger partial charge < -0.3 is 14.8 Å². The summed E-state index contributed by atoms with van der Waals surface area (Å²) in [5.74, 6) is -0.397. The molecule has 0 bridgehead atoms. The van der Waals surface area contributed by atoms with Gasteiger partial charge in [-0.3, -0.25) is 9.35 Å². The molecular weight excluding hydrogens is 250 g/mol. The second kappa shape index (κ2) is 9.34. The molecule has 0 fully saturated rings. The first kappa shape index (κ1) is 16.3. The van der Waals surface area contributed by atoms with Crippen molar-refractivity contribution < 1.29 is 27.2 Å². The molecule has 2 N–H and O–H groups in total. The molecule has 7 nitrogen and oxygen atoms in total. The van der Waals surface area contributed by atoms with Crippen LogP contribution in [0.1, 0.15) is 13.3 Å². The minimum Gasteiger partial charge on any atom is -0.379 e. The van der Waals surface area contributed by atoms with Crippen LogP contribution in [0.15, 0.2) is 0 Å². The lowest BCUT2D eigenvalue weighted by Gasteiger charge is -2.05. The van der Waals surface area contributed by atoms with Crippen LogP contribution in [0.4, 0.5) is 0 Å². The van der Waals surface area contributed by atoms with E-state index in [1.807, 2.05) is 0 Å². The van der Waals surface area contributed by atoms with E-state index in [9.17, 15) is 13.2 Å². The van der Waals surface area contributed by atoms with E-state index < -0.39 is 10.1 Å². The van der Waals surface area contributed by atoms with Crippen molar-refractivity contribution in [1.82, 2.24) is 5.32 Å². The van der Waals surface area contributed by atoms with Gasteiger partial charge >= 0.3 is 0 Å². The number of amides is 1. The van der Waals surface area contributed by atoms with Crippen LogP contribution in [0.2, 0.25) is 0 Å². The molecule has 17 heavy (non-hydrogen) atoms. The van der Waals surface area contributed by atoms with Crippen LogP contribution in [0.25, 0.3) is 0 Å². The zero-order valence-electron chi connectivity index (χ0n) is 9.85. The number of rotatable bonds is 10. The van der Waals surface area contributed by atoms with Crippen molar-refractivity contribution in [3.05, 3.63) is 0 Å². The maximum atomic E-state index is 10.5. The molecule has 0 atom stereocenters. The lowest BCUT2D eigenvalue weighted by molar-refractivity contribution is -0.119. The van der Waals surface area contributed by atoms with Crippen molar-refractivity contribution in [1.29, 1.82) is 0 Å². The lowest BCUT2D eigenvalue weighted by Crippen LogP contribution is -2.25. The van der Waals surface area contributed by atoms with E-state index in [0.717, 1.165) is 0 Å². The summed E-state index contributed by atoms with van der Waals surface area (Å²) in [6.45, 7) is 3.29. The van der Waals surface area contributed by atoms with Crippen LogP contribution >= 0.6 is 0 Å². The molecule has 0 aromatic heterocycles. The molecule has 0 rings (SSSR count). The standard InChI is InChI=1S/C9H19NO6S/c1-9(11)10-3-5-16-7-6-15-4-2-8-17(12,13)14/h2-8H2,1H3,(H,10,11)(H,12,13,14). The Bertz CT molecular complexity index is 303. The highest BCUT2D eigenvalue weighted by molar-refractivity contribution is 7.85. The average Bonchev–Trinajstić information content (AvgIpc) is 2.18. The Balaban J connectivity index is 3.11. The molecule has 1 amide bonds. The van der Waals surface area contributed by atoms with E-state index in [4.69, 9.17) is 14.0 Å². The van der Waals surface area contributed by atoms with Gasteiger partial charge in [0.2, 0.25) is 5.91 Å². The maximum Gasteiger partial charge on any atom is 0.264 e. The fourth-order valence-electron chi connectivity index (χ4n) is 0.965. The largest absolute Gasteiger partial charge is 0.379 e. The van der Waals surface area contributed by atoms with Crippen LogP contribution in [0.3, 0.4) is 0 Å². The number of hydrogen-bond donors (Lipinski definition) is 2. The van der Waals surface area contributed by atoms with Gasteiger partial charge in [-0.25, -0.2) is 0 Å². The number of carbonyl (C=O) groups is 1. The van der Waals surface area contributed by atoms with E-state index in [2.05, 4.69) is 5.32 Å². The first-order valence-corrected chi connectivity index (χ1v) is 6.88. The summed E-state index contributed by atoms with van der Waals surface area (Å²) >= 11 is 0. The number of ether oxygens (including phenoxy) is 2. The van der Waals surface area contributed by atoms with Gasteiger partial charge in [-0.2, -0.15) is 8.42 Å². The van der Waals surface area contributed by atoms with Crippen LogP contribution in [-0.4, -0.2) is 57.6 Å². The first-order valence-electron chi connectivity index (χ1n) is 5.27. The number of nitrogens with one attached hydrogen (secondary N) is 1. The van der Waals surface area contributed by atoms with E-state index in [0.29, 0.717) is 26.4 Å². The third-order valence-electron chi connectivity index (χ3n) is 1.68. The van der Waals surface area contributed by atoms with E-state index in [1.165, 1.54) is 6.92 Å². The third-order valence-corrected chi connectivity index (χ3v) is 2.49. The quantitative estimate of drug-likeness (QED) is 0.407. The average molecular weight is 269 g/mol. The molecule has 8 heteroatoms. The number of hydrogen-bond acceptors (Lipinski definition) is 5. The van der Waals surface area contributed by atoms with Gasteiger partial charge in [0.05, 0.1) is 25.6 Å². The fraction of sp³-hybridized carbons (Fsp3) is 0.889. The highest BCUT2D eigenvalue weighted by Gasteiger charge is 2.02. The normalized spacial score (nSPS) is 11.4. The predicted molar refractivity (Wildman–Crippen MR) is 61.4 cm³/mol. The van der Waals surface area contributed by atoms with Gasteiger partial charge in [0.1, 0.15) is 0 Å². The molecule has 0 aliphatic carbocycles. The molecule has 102 valence electrons. The highest BCUT2D eigenvalue weighted by atomic mass is 32.2. The van der Waals surface area contributed by atoms with Gasteiger partial charge in [-0.1, -0.05) is 0 Å². The third kappa shape index (κ3) is 15.3. The van der Waals surface area contributed by atoms with Gasteiger partial charge in [-0.15, -0.1) is 0 Å². The van der Waals surface area contributed by atoms with Crippen molar-refractivity contribution in [2.75, 3.05) is 38.7 Å². The van der Waals surface area contributed by atoms with Crippen LogP contribution < -0.4 is 5.32 Å². The molecule has 0 radical (unpaired) electrons. The zero-order chi connectivity index (χ0) is 13.1. The number of carbonyl (C=O) groups excluding carboxylic acids is 1. The zero-order valence-corrected chi connectivity index (χ0v) is 10.7. The second-order valence-electron chi connectivity index (χ2n) is 3.35. The van der Waals surface area contributed by atoms with Gasteiger partial charge in [0.25, 0.3) is 10.1 Å². The molecule has 0 unspecified atom stereocenters. The molecule has 0 aromatic rings. The summed E-state index contributed by atoms with van der Waals surface area (Å²) in [6.07, 6.45) is 0.255. The summed E-state index contributed by atoms with van der Waals surface area (Å²) in [6, 6.07) is 0. The summed E-state index contributed by atoms with van der Waals surface area (Å²) in [4.78, 5) is 10.5. The van der Waals surface area contributed by atoms with Gasteiger partial charge in [-0.05, 0) is 6.42 Å². The fourth-order valence-corrected chi connectivity index (χ4v) is 1.45. The SMILES string of the molecule is CC(=O)NCCOCCOCCCS(=O)(=O)O. The topological polar surface area (TPSA) is 102 Å². The molecular formula is C9H19NO6S. The van der Waals surface area contributed by atoms with E-state index in [-0.39, 0.29) is 24.7 Å².